The number of nitrogens with zero attached hydrogens (tertiary/aromatic N) is 5. The molecule has 2 aliphatic rings. The minimum Gasteiger partial charge on any atom is -0.484 e. The zero-order valence-corrected chi connectivity index (χ0v) is 16.8. The van der Waals surface area contributed by atoms with Crippen molar-refractivity contribution in [3.63, 3.8) is 0 Å². The number of hydrogen-bond donors (Lipinski definition) is 0. The molecule has 1 spiro atoms. The summed E-state index contributed by atoms with van der Waals surface area (Å²) in [6, 6.07) is 13.2. The van der Waals surface area contributed by atoms with Crippen LogP contribution < -0.4 is 4.74 Å². The second kappa shape index (κ2) is 7.53. The van der Waals surface area contributed by atoms with Crippen LogP contribution in [0.5, 0.6) is 5.75 Å². The van der Waals surface area contributed by atoms with Crippen molar-refractivity contribution in [2.45, 2.75) is 12.5 Å². The van der Waals surface area contributed by atoms with Crippen LogP contribution in [0.15, 0.2) is 59.4 Å². The summed E-state index contributed by atoms with van der Waals surface area (Å²) in [6.45, 7) is 2.42. The highest BCUT2D eigenvalue weighted by atomic mass is 16.5. The molecule has 1 aromatic carbocycles. The molecule has 0 aliphatic carbocycles. The second-order valence-corrected chi connectivity index (χ2v) is 8.18. The molecule has 8 nitrogen and oxygen atoms in total. The Bertz CT molecular complexity index is 1020. The van der Waals surface area contributed by atoms with Gasteiger partial charge in [-0.15, -0.1) is 0 Å². The van der Waals surface area contributed by atoms with Gasteiger partial charge in [-0.05, 0) is 37.7 Å². The molecule has 1 amide bonds. The molecule has 0 bridgehead atoms. The lowest BCUT2D eigenvalue weighted by atomic mass is 9.77. The number of benzene rings is 1. The lowest BCUT2D eigenvalue weighted by molar-refractivity contribution is -0.144. The number of amides is 1. The van der Waals surface area contributed by atoms with Gasteiger partial charge in [0, 0.05) is 43.0 Å². The van der Waals surface area contributed by atoms with E-state index in [0.717, 1.165) is 31.6 Å². The summed E-state index contributed by atoms with van der Waals surface area (Å²) in [5, 5.41) is 4.12. The number of rotatable bonds is 5. The van der Waals surface area contributed by atoms with Crippen LogP contribution in [0.25, 0.3) is 11.4 Å². The molecule has 8 heteroatoms. The highest BCUT2D eigenvalue weighted by Crippen LogP contribution is 2.47. The Kier molecular flexibility index (Phi) is 4.71. The largest absolute Gasteiger partial charge is 0.484 e. The fourth-order valence-electron chi connectivity index (χ4n) is 4.45. The Morgan fingerprint density at radius 2 is 2.03 bits per heavy atom. The quantitative estimate of drug-likeness (QED) is 0.644. The number of aromatic nitrogens is 3. The van der Waals surface area contributed by atoms with Gasteiger partial charge in [-0.2, -0.15) is 4.98 Å². The molecule has 30 heavy (non-hydrogen) atoms. The van der Waals surface area contributed by atoms with Gasteiger partial charge in [0.15, 0.2) is 6.61 Å². The van der Waals surface area contributed by atoms with Crippen molar-refractivity contribution >= 4 is 5.91 Å². The standard InChI is InChI=1S/C22H23N5O3/c1-26-13-22(14-27(15-22)19(28)12-29-17-7-3-2-4-8-17)10-18(26)21-24-20(25-30-21)16-6-5-9-23-11-16/h2-9,11,18H,10,12-15H2,1H3. The van der Waals surface area contributed by atoms with E-state index in [2.05, 4.69) is 27.1 Å². The van der Waals surface area contributed by atoms with E-state index in [9.17, 15) is 4.79 Å². The first kappa shape index (κ1) is 18.7. The molecule has 2 fully saturated rings. The van der Waals surface area contributed by atoms with Crippen LogP contribution in [0.2, 0.25) is 0 Å². The highest BCUT2D eigenvalue weighted by molar-refractivity contribution is 5.78. The van der Waals surface area contributed by atoms with Crippen molar-refractivity contribution in [1.29, 1.82) is 0 Å². The summed E-state index contributed by atoms with van der Waals surface area (Å²) in [5.74, 6) is 1.90. The monoisotopic (exact) mass is 405 g/mol. The molecule has 0 N–H and O–H groups in total. The predicted octanol–water partition coefficient (Wildman–Crippen LogP) is 2.42. The van der Waals surface area contributed by atoms with Gasteiger partial charge in [-0.25, -0.2) is 0 Å². The second-order valence-electron chi connectivity index (χ2n) is 8.18. The number of likely N-dealkylation sites (tertiary alicyclic amines) is 2. The summed E-state index contributed by atoms with van der Waals surface area (Å²) in [4.78, 5) is 25.3. The third-order valence-electron chi connectivity index (χ3n) is 5.90. The lowest BCUT2D eigenvalue weighted by Gasteiger charge is -2.48. The van der Waals surface area contributed by atoms with E-state index in [4.69, 9.17) is 9.26 Å². The van der Waals surface area contributed by atoms with E-state index in [-0.39, 0.29) is 24.0 Å². The average molecular weight is 405 g/mol. The molecular weight excluding hydrogens is 382 g/mol. The lowest BCUT2D eigenvalue weighted by Crippen LogP contribution is -2.60. The minimum absolute atomic E-state index is 0.0206. The van der Waals surface area contributed by atoms with Gasteiger partial charge < -0.3 is 14.2 Å². The molecular formula is C22H23N5O3. The molecule has 0 radical (unpaired) electrons. The van der Waals surface area contributed by atoms with E-state index >= 15 is 0 Å². The first-order chi connectivity index (χ1) is 14.6. The Balaban J connectivity index is 1.19. The van der Waals surface area contributed by atoms with E-state index < -0.39 is 0 Å². The van der Waals surface area contributed by atoms with Gasteiger partial charge in [0.05, 0.1) is 6.04 Å². The molecule has 154 valence electrons. The number of hydrogen-bond acceptors (Lipinski definition) is 7. The number of pyridine rings is 1. The summed E-state index contributed by atoms with van der Waals surface area (Å²) >= 11 is 0. The smallest absolute Gasteiger partial charge is 0.260 e. The van der Waals surface area contributed by atoms with Crippen molar-refractivity contribution in [2.24, 2.45) is 5.41 Å². The Hall–Kier alpha value is -3.26. The normalized spacial score (nSPS) is 20.3. The SMILES string of the molecule is CN1CC2(CC1c1nc(-c3cccnc3)no1)CN(C(=O)COc1ccccc1)C2. The maximum Gasteiger partial charge on any atom is 0.260 e. The highest BCUT2D eigenvalue weighted by Gasteiger charge is 2.53. The zero-order valence-electron chi connectivity index (χ0n) is 16.8. The number of ether oxygens (including phenoxy) is 1. The van der Waals surface area contributed by atoms with E-state index in [1.807, 2.05) is 47.4 Å². The fourth-order valence-corrected chi connectivity index (χ4v) is 4.45. The summed E-state index contributed by atoms with van der Waals surface area (Å²) in [6.07, 6.45) is 4.33. The molecule has 1 atom stereocenters. The number of para-hydroxylation sites is 1. The Labute approximate surface area is 174 Å². The third kappa shape index (κ3) is 3.54. The Morgan fingerprint density at radius 3 is 2.80 bits per heavy atom. The molecule has 2 saturated heterocycles. The van der Waals surface area contributed by atoms with Crippen LogP contribution in [0, 0.1) is 5.41 Å². The fraction of sp³-hybridized carbons (Fsp3) is 0.364. The van der Waals surface area contributed by atoms with Gasteiger partial charge in [-0.1, -0.05) is 23.4 Å². The first-order valence-corrected chi connectivity index (χ1v) is 10.0. The molecule has 2 aliphatic heterocycles. The van der Waals surface area contributed by atoms with Crippen LogP contribution in [-0.2, 0) is 4.79 Å². The number of carbonyl (C=O) groups is 1. The van der Waals surface area contributed by atoms with Gasteiger partial charge in [0.2, 0.25) is 11.7 Å². The first-order valence-electron chi connectivity index (χ1n) is 10.0. The molecule has 0 saturated carbocycles. The van der Waals surface area contributed by atoms with Crippen molar-refractivity contribution in [3.05, 3.63) is 60.7 Å². The minimum atomic E-state index is 0.0206. The molecule has 5 rings (SSSR count). The van der Waals surface area contributed by atoms with E-state index in [1.165, 1.54) is 0 Å². The van der Waals surface area contributed by atoms with Crippen LogP contribution in [-0.4, -0.2) is 64.1 Å². The van der Waals surface area contributed by atoms with Crippen LogP contribution in [0.1, 0.15) is 18.4 Å². The third-order valence-corrected chi connectivity index (χ3v) is 5.90. The number of carbonyl (C=O) groups excluding carboxylic acids is 1. The van der Waals surface area contributed by atoms with Crippen LogP contribution in [0.3, 0.4) is 0 Å². The van der Waals surface area contributed by atoms with Crippen molar-refractivity contribution in [3.8, 4) is 17.1 Å². The molecule has 3 aromatic rings. The van der Waals surface area contributed by atoms with E-state index in [1.54, 1.807) is 12.4 Å². The van der Waals surface area contributed by atoms with Crippen LogP contribution in [0.4, 0.5) is 0 Å². The maximum atomic E-state index is 12.5. The Morgan fingerprint density at radius 1 is 1.20 bits per heavy atom. The molecule has 2 aromatic heterocycles. The summed E-state index contributed by atoms with van der Waals surface area (Å²) in [5.41, 5.74) is 0.909. The van der Waals surface area contributed by atoms with Crippen molar-refractivity contribution in [2.75, 3.05) is 33.3 Å². The van der Waals surface area contributed by atoms with Gasteiger partial charge in [-0.3, -0.25) is 14.7 Å². The summed E-state index contributed by atoms with van der Waals surface area (Å²) < 4.78 is 11.2. The zero-order chi connectivity index (χ0) is 20.6. The van der Waals surface area contributed by atoms with Gasteiger partial charge in [0.25, 0.3) is 5.91 Å². The average Bonchev–Trinajstić information content (AvgIpc) is 3.37. The topological polar surface area (TPSA) is 84.6 Å². The van der Waals surface area contributed by atoms with Crippen molar-refractivity contribution < 1.29 is 14.1 Å². The maximum absolute atomic E-state index is 12.5. The van der Waals surface area contributed by atoms with Gasteiger partial charge >= 0.3 is 0 Å². The van der Waals surface area contributed by atoms with Crippen LogP contribution >= 0.6 is 0 Å². The molecule has 1 unspecified atom stereocenters. The predicted molar refractivity (Wildman–Crippen MR) is 108 cm³/mol. The summed E-state index contributed by atoms with van der Waals surface area (Å²) in [7, 11) is 2.07. The van der Waals surface area contributed by atoms with Crippen molar-refractivity contribution in [1.82, 2.24) is 24.9 Å². The van der Waals surface area contributed by atoms with Gasteiger partial charge in [0.1, 0.15) is 5.75 Å². The molecule has 4 heterocycles. The van der Waals surface area contributed by atoms with E-state index in [0.29, 0.717) is 17.5 Å².